The highest BCUT2D eigenvalue weighted by molar-refractivity contribution is 5.87. The zero-order valence-electron chi connectivity index (χ0n) is 29.2. The molecule has 1 aliphatic heterocycles. The number of carbonyl (C=O) groups is 2. The molecular weight excluding hydrogens is 612 g/mol. The molecule has 8 heteroatoms. The fourth-order valence-electron chi connectivity index (χ4n) is 7.45. The van der Waals surface area contributed by atoms with Gasteiger partial charge in [0.25, 0.3) is 0 Å². The molecule has 0 unspecified atom stereocenters. The monoisotopic (exact) mass is 660 g/mol. The standard InChI is InChI=1S/C41H48N4O4/c1-41(2,3)49-40(47)44-21-18-34(31-10-7-9-29(23-31)30-14-13-28-17-19-42-37(28)24-30)36(27-44)39(46)45(33-15-16-33)26-32-25-43(20-8-22-48-4)38-12-6-5-11-35(32)38/h5-7,9-14,17,19,23-25,33-34,36,42H,8,15-16,18,20-22,26-27H2,1-4H3/t34-,36+/m1/s1. The molecule has 1 saturated carbocycles. The normalized spacial score (nSPS) is 18.2. The Labute approximate surface area is 289 Å². The molecule has 1 saturated heterocycles. The molecule has 1 aliphatic carbocycles. The maximum atomic E-state index is 15.0. The lowest BCUT2D eigenvalue weighted by molar-refractivity contribution is -0.139. The van der Waals surface area contributed by atoms with Gasteiger partial charge in [-0.1, -0.05) is 54.6 Å². The number of aromatic nitrogens is 2. The molecule has 7 rings (SSSR count). The molecule has 1 N–H and O–H groups in total. The molecule has 2 amide bonds. The average molecular weight is 661 g/mol. The highest BCUT2D eigenvalue weighted by atomic mass is 16.6. The summed E-state index contributed by atoms with van der Waals surface area (Å²) in [7, 11) is 1.74. The number of methoxy groups -OCH3 is 1. The van der Waals surface area contributed by atoms with Crippen LogP contribution in [0.15, 0.2) is 85.2 Å². The van der Waals surface area contributed by atoms with E-state index in [1.807, 2.05) is 27.0 Å². The van der Waals surface area contributed by atoms with Crippen LogP contribution in [0, 0.1) is 5.92 Å². The summed E-state index contributed by atoms with van der Waals surface area (Å²) in [6.07, 6.45) is 7.44. The van der Waals surface area contributed by atoms with Crippen LogP contribution in [0.4, 0.5) is 4.79 Å². The van der Waals surface area contributed by atoms with Crippen LogP contribution in [0.1, 0.15) is 63.5 Å². The van der Waals surface area contributed by atoms with Crippen LogP contribution in [0.5, 0.6) is 0 Å². The number of amides is 2. The second-order valence-electron chi connectivity index (χ2n) is 14.7. The lowest BCUT2D eigenvalue weighted by Crippen LogP contribution is -2.51. The number of carbonyl (C=O) groups excluding carboxylic acids is 2. The Morgan fingerprint density at radius 3 is 2.57 bits per heavy atom. The van der Waals surface area contributed by atoms with Crippen molar-refractivity contribution in [3.05, 3.63) is 96.3 Å². The fourth-order valence-corrected chi connectivity index (χ4v) is 7.45. The van der Waals surface area contributed by atoms with Crippen molar-refractivity contribution in [2.45, 2.75) is 77.1 Å². The molecule has 3 aromatic carbocycles. The topological polar surface area (TPSA) is 79.8 Å². The Hall–Kier alpha value is -4.56. The summed E-state index contributed by atoms with van der Waals surface area (Å²) in [6, 6.07) is 25.9. The lowest BCUT2D eigenvalue weighted by Gasteiger charge is -2.40. The first-order valence-electron chi connectivity index (χ1n) is 17.7. The predicted molar refractivity (Wildman–Crippen MR) is 194 cm³/mol. The smallest absolute Gasteiger partial charge is 0.410 e. The van der Waals surface area contributed by atoms with Crippen molar-refractivity contribution in [3.63, 3.8) is 0 Å². The molecule has 256 valence electrons. The zero-order valence-corrected chi connectivity index (χ0v) is 29.2. The van der Waals surface area contributed by atoms with Crippen LogP contribution < -0.4 is 0 Å². The van der Waals surface area contributed by atoms with E-state index in [9.17, 15) is 9.59 Å². The van der Waals surface area contributed by atoms with Crippen molar-refractivity contribution in [1.29, 1.82) is 0 Å². The van der Waals surface area contributed by atoms with Crippen molar-refractivity contribution in [3.8, 4) is 11.1 Å². The molecule has 0 spiro atoms. The van der Waals surface area contributed by atoms with Gasteiger partial charge in [-0.15, -0.1) is 0 Å². The summed E-state index contributed by atoms with van der Waals surface area (Å²) in [5, 5.41) is 2.36. The second kappa shape index (κ2) is 13.7. The van der Waals surface area contributed by atoms with E-state index in [1.165, 1.54) is 16.3 Å². The van der Waals surface area contributed by atoms with Gasteiger partial charge in [-0.25, -0.2) is 4.79 Å². The van der Waals surface area contributed by atoms with E-state index in [4.69, 9.17) is 9.47 Å². The minimum atomic E-state index is -0.612. The Kier molecular flexibility index (Phi) is 9.25. The maximum absolute atomic E-state index is 15.0. The van der Waals surface area contributed by atoms with E-state index in [0.717, 1.165) is 53.6 Å². The summed E-state index contributed by atoms with van der Waals surface area (Å²) in [5.74, 6) is -0.301. The van der Waals surface area contributed by atoms with Crippen molar-refractivity contribution in [2.75, 3.05) is 26.8 Å². The van der Waals surface area contributed by atoms with E-state index in [0.29, 0.717) is 32.7 Å². The van der Waals surface area contributed by atoms with Gasteiger partial charge in [-0.3, -0.25) is 4.79 Å². The quantitative estimate of drug-likeness (QED) is 0.153. The molecule has 49 heavy (non-hydrogen) atoms. The van der Waals surface area contributed by atoms with Crippen molar-refractivity contribution >= 4 is 33.8 Å². The summed E-state index contributed by atoms with van der Waals surface area (Å²) in [6.45, 7) is 8.64. The van der Waals surface area contributed by atoms with E-state index in [1.54, 1.807) is 12.0 Å². The van der Waals surface area contributed by atoms with Crippen LogP contribution >= 0.6 is 0 Å². The number of hydrogen-bond donors (Lipinski definition) is 1. The van der Waals surface area contributed by atoms with Crippen molar-refractivity contribution in [1.82, 2.24) is 19.4 Å². The average Bonchev–Trinajstić information content (AvgIpc) is 3.73. The predicted octanol–water partition coefficient (Wildman–Crippen LogP) is 8.36. The number of aromatic amines is 1. The molecule has 2 atom stereocenters. The minimum Gasteiger partial charge on any atom is -0.444 e. The number of nitrogens with one attached hydrogen (secondary N) is 1. The summed E-state index contributed by atoms with van der Waals surface area (Å²) in [4.78, 5) is 35.5. The van der Waals surface area contributed by atoms with Crippen LogP contribution in [-0.2, 0) is 27.4 Å². The molecule has 8 nitrogen and oxygen atoms in total. The number of likely N-dealkylation sites (tertiary alicyclic amines) is 1. The first kappa shape index (κ1) is 33.0. The third kappa shape index (κ3) is 7.25. The second-order valence-corrected chi connectivity index (χ2v) is 14.7. The van der Waals surface area contributed by atoms with E-state index in [-0.39, 0.29) is 24.0 Å². The first-order valence-corrected chi connectivity index (χ1v) is 17.7. The number of rotatable bonds is 10. The molecular formula is C41H48N4O4. The lowest BCUT2D eigenvalue weighted by atomic mass is 9.79. The molecule has 3 heterocycles. The number of fused-ring (bicyclic) bond motifs is 2. The number of aryl methyl sites for hydroxylation is 1. The summed E-state index contributed by atoms with van der Waals surface area (Å²) >= 11 is 0. The van der Waals surface area contributed by atoms with Crippen LogP contribution in [0.25, 0.3) is 32.9 Å². The van der Waals surface area contributed by atoms with Crippen LogP contribution in [0.2, 0.25) is 0 Å². The maximum Gasteiger partial charge on any atom is 0.410 e. The third-order valence-electron chi connectivity index (χ3n) is 10.0. The van der Waals surface area contributed by atoms with Gasteiger partial charge in [0.15, 0.2) is 0 Å². The van der Waals surface area contributed by atoms with Gasteiger partial charge < -0.3 is 28.8 Å². The van der Waals surface area contributed by atoms with E-state index >= 15 is 0 Å². The van der Waals surface area contributed by atoms with Gasteiger partial charge in [0.1, 0.15) is 5.60 Å². The van der Waals surface area contributed by atoms with Gasteiger partial charge in [-0.05, 0) is 98.2 Å². The Bertz CT molecular complexity index is 1950. The van der Waals surface area contributed by atoms with Gasteiger partial charge in [0, 0.05) is 74.8 Å². The fraction of sp³-hybridized carbons (Fsp3) is 0.415. The highest BCUT2D eigenvalue weighted by Crippen LogP contribution is 2.40. The van der Waals surface area contributed by atoms with Crippen LogP contribution in [-0.4, -0.2) is 69.8 Å². The number of piperidine rings is 1. The highest BCUT2D eigenvalue weighted by Gasteiger charge is 2.43. The summed E-state index contributed by atoms with van der Waals surface area (Å²) < 4.78 is 13.4. The van der Waals surface area contributed by atoms with E-state index in [2.05, 4.69) is 93.4 Å². The molecule has 0 radical (unpaired) electrons. The van der Waals surface area contributed by atoms with Crippen molar-refractivity contribution < 1.29 is 19.1 Å². The number of para-hydroxylation sites is 1. The summed E-state index contributed by atoms with van der Waals surface area (Å²) in [5.41, 5.74) is 6.21. The first-order chi connectivity index (χ1) is 23.7. The van der Waals surface area contributed by atoms with Gasteiger partial charge in [0.2, 0.25) is 5.91 Å². The van der Waals surface area contributed by atoms with E-state index < -0.39 is 11.5 Å². The number of H-pyrrole nitrogens is 1. The zero-order chi connectivity index (χ0) is 34.1. The van der Waals surface area contributed by atoms with Gasteiger partial charge in [-0.2, -0.15) is 0 Å². The van der Waals surface area contributed by atoms with Gasteiger partial charge >= 0.3 is 6.09 Å². The third-order valence-corrected chi connectivity index (χ3v) is 10.0. The number of benzene rings is 3. The van der Waals surface area contributed by atoms with Crippen molar-refractivity contribution in [2.24, 2.45) is 5.92 Å². The minimum absolute atomic E-state index is 0.0306. The number of hydrogen-bond acceptors (Lipinski definition) is 4. The Balaban J connectivity index is 1.21. The molecule has 5 aromatic rings. The van der Waals surface area contributed by atoms with Crippen LogP contribution in [0.3, 0.4) is 0 Å². The number of ether oxygens (including phenoxy) is 2. The molecule has 2 aliphatic rings. The molecule has 2 fully saturated rings. The SMILES string of the molecule is COCCCn1cc(CN(C(=O)[C@H]2CN(C(=O)OC(C)(C)C)CC[C@@H]2c2cccc(-c3ccc4cc[nH]c4c3)c2)C2CC2)c2ccccc21. The Morgan fingerprint density at radius 1 is 0.959 bits per heavy atom. The van der Waals surface area contributed by atoms with Gasteiger partial charge in [0.05, 0.1) is 5.92 Å². The Morgan fingerprint density at radius 2 is 1.78 bits per heavy atom. The molecule has 0 bridgehead atoms. The largest absolute Gasteiger partial charge is 0.444 e. The number of nitrogens with zero attached hydrogens (tertiary/aromatic N) is 3. The molecule has 2 aromatic heterocycles.